The molecule has 1 fully saturated rings. The van der Waals surface area contributed by atoms with Gasteiger partial charge in [0.1, 0.15) is 5.75 Å². The highest BCUT2D eigenvalue weighted by atomic mass is 35.5. The van der Waals surface area contributed by atoms with Crippen LogP contribution in [0.2, 0.25) is 10.0 Å². The van der Waals surface area contributed by atoms with Gasteiger partial charge in [-0.15, -0.1) is 0 Å². The van der Waals surface area contributed by atoms with E-state index >= 15 is 0 Å². The van der Waals surface area contributed by atoms with Crippen LogP contribution in [0, 0.1) is 0 Å². The maximum atomic E-state index is 12.2. The van der Waals surface area contributed by atoms with E-state index in [0.29, 0.717) is 27.9 Å². The summed E-state index contributed by atoms with van der Waals surface area (Å²) >= 11 is 11.9. The van der Waals surface area contributed by atoms with Crippen LogP contribution in [0.15, 0.2) is 36.4 Å². The number of piperidine rings is 1. The van der Waals surface area contributed by atoms with Crippen LogP contribution >= 0.6 is 23.2 Å². The normalized spacial score (nSPS) is 16.2. The molecule has 10 heteroatoms. The number of hydrogen-bond acceptors (Lipinski definition) is 5. The fourth-order valence-corrected chi connectivity index (χ4v) is 4.25. The van der Waals surface area contributed by atoms with E-state index in [-0.39, 0.29) is 37.3 Å². The van der Waals surface area contributed by atoms with Crippen molar-refractivity contribution in [2.45, 2.75) is 25.3 Å². The van der Waals surface area contributed by atoms with Gasteiger partial charge in [0.2, 0.25) is 11.8 Å². The smallest absolute Gasteiger partial charge is 0.258 e. The number of aryl methyl sites for hydroxylation is 1. The maximum Gasteiger partial charge on any atom is 0.258 e. The van der Waals surface area contributed by atoms with Crippen LogP contribution in [-0.2, 0) is 28.0 Å². The molecule has 0 saturated carbocycles. The highest BCUT2D eigenvalue weighted by Crippen LogP contribution is 2.31. The molecule has 3 aromatic rings. The maximum absolute atomic E-state index is 12.2. The van der Waals surface area contributed by atoms with Crippen molar-refractivity contribution < 1.29 is 19.1 Å². The van der Waals surface area contributed by atoms with Crippen LogP contribution in [0.5, 0.6) is 5.75 Å². The minimum atomic E-state index is -0.478. The number of aromatic nitrogens is 2. The Hall–Kier alpha value is -3.10. The molecule has 1 saturated heterocycles. The lowest BCUT2D eigenvalue weighted by Crippen LogP contribution is -2.39. The number of carbonyl (C=O) groups excluding carboxylic acids is 3. The first kappa shape index (κ1) is 22.1. The molecule has 0 radical (unpaired) electrons. The largest absolute Gasteiger partial charge is 0.484 e. The van der Waals surface area contributed by atoms with Gasteiger partial charge in [-0.05, 0) is 42.3 Å². The fourth-order valence-electron chi connectivity index (χ4n) is 3.68. The molecule has 0 spiro atoms. The molecule has 4 rings (SSSR count). The molecule has 2 heterocycles. The number of imide groups is 1. The molecule has 1 atom stereocenters. The van der Waals surface area contributed by atoms with Crippen LogP contribution in [0.25, 0.3) is 10.9 Å². The number of fused-ring (bicyclic) bond motifs is 1. The molecular formula is C22H20Cl2N4O4. The summed E-state index contributed by atoms with van der Waals surface area (Å²) in [5.74, 6) is -0.876. The Morgan fingerprint density at radius 1 is 1.22 bits per heavy atom. The summed E-state index contributed by atoms with van der Waals surface area (Å²) in [5, 5.41) is 11.4. The zero-order valence-electron chi connectivity index (χ0n) is 17.2. The number of amides is 3. The topological polar surface area (TPSA) is 102 Å². The summed E-state index contributed by atoms with van der Waals surface area (Å²) in [6.07, 6.45) is 0.708. The first-order valence-electron chi connectivity index (χ1n) is 9.95. The van der Waals surface area contributed by atoms with Crippen molar-refractivity contribution in [3.05, 3.63) is 57.7 Å². The first-order chi connectivity index (χ1) is 15.3. The van der Waals surface area contributed by atoms with Crippen LogP contribution in [0.4, 0.5) is 0 Å². The predicted octanol–water partition coefficient (Wildman–Crippen LogP) is 3.10. The standard InChI is InChI=1S/C22H20Cl2N4O4/c1-28-18-9-15(32-11-20(30)25-10-12-6-13(23)8-14(24)7-12)2-3-16(18)21(27-28)17-4-5-19(29)26-22(17)31/h2-3,6-9,17H,4-5,10-11H2,1H3,(H,25,30)(H,26,29,31). The number of nitrogens with zero attached hydrogens (tertiary/aromatic N) is 2. The number of ether oxygens (including phenoxy) is 1. The number of halogens is 2. The molecule has 0 aliphatic carbocycles. The van der Waals surface area contributed by atoms with Gasteiger partial charge in [0.05, 0.1) is 17.1 Å². The summed E-state index contributed by atoms with van der Waals surface area (Å²) in [6, 6.07) is 10.4. The first-order valence-corrected chi connectivity index (χ1v) is 10.7. The second-order valence-corrected chi connectivity index (χ2v) is 8.41. The van der Waals surface area contributed by atoms with E-state index in [1.807, 2.05) is 6.07 Å². The Bertz CT molecular complexity index is 1200. The minimum Gasteiger partial charge on any atom is -0.484 e. The Balaban J connectivity index is 1.41. The lowest BCUT2D eigenvalue weighted by molar-refractivity contribution is -0.134. The zero-order chi connectivity index (χ0) is 22.8. The van der Waals surface area contributed by atoms with E-state index in [1.54, 1.807) is 42.1 Å². The molecule has 0 bridgehead atoms. The molecule has 1 aliphatic rings. The molecule has 2 aromatic carbocycles. The van der Waals surface area contributed by atoms with Crippen molar-refractivity contribution in [3.8, 4) is 5.75 Å². The Kier molecular flexibility index (Phi) is 6.34. The van der Waals surface area contributed by atoms with Gasteiger partial charge in [-0.1, -0.05) is 23.2 Å². The second kappa shape index (κ2) is 9.18. The van der Waals surface area contributed by atoms with E-state index < -0.39 is 5.92 Å². The zero-order valence-corrected chi connectivity index (χ0v) is 18.7. The molecule has 1 aromatic heterocycles. The van der Waals surface area contributed by atoms with Crippen molar-refractivity contribution in [2.75, 3.05) is 6.61 Å². The number of benzene rings is 2. The van der Waals surface area contributed by atoms with Crippen LogP contribution in [0.3, 0.4) is 0 Å². The molecule has 2 N–H and O–H groups in total. The molecule has 1 unspecified atom stereocenters. The average Bonchev–Trinajstić information content (AvgIpc) is 3.06. The molecule has 8 nitrogen and oxygen atoms in total. The molecular weight excluding hydrogens is 455 g/mol. The summed E-state index contributed by atoms with van der Waals surface area (Å²) in [7, 11) is 1.77. The van der Waals surface area contributed by atoms with Crippen molar-refractivity contribution in [3.63, 3.8) is 0 Å². The van der Waals surface area contributed by atoms with E-state index in [2.05, 4.69) is 15.7 Å². The van der Waals surface area contributed by atoms with E-state index in [4.69, 9.17) is 27.9 Å². The summed E-state index contributed by atoms with van der Waals surface area (Å²) in [5.41, 5.74) is 2.17. The van der Waals surface area contributed by atoms with Crippen LogP contribution < -0.4 is 15.4 Å². The summed E-state index contributed by atoms with van der Waals surface area (Å²) < 4.78 is 7.28. The second-order valence-electron chi connectivity index (χ2n) is 7.53. The Morgan fingerprint density at radius 2 is 1.97 bits per heavy atom. The van der Waals surface area contributed by atoms with Gasteiger partial charge < -0.3 is 10.1 Å². The quantitative estimate of drug-likeness (QED) is 0.534. The highest BCUT2D eigenvalue weighted by Gasteiger charge is 2.31. The minimum absolute atomic E-state index is 0.169. The van der Waals surface area contributed by atoms with E-state index in [0.717, 1.165) is 16.5 Å². The van der Waals surface area contributed by atoms with Gasteiger partial charge in [0.25, 0.3) is 5.91 Å². The van der Waals surface area contributed by atoms with Gasteiger partial charge in [0, 0.05) is 41.5 Å². The third-order valence-electron chi connectivity index (χ3n) is 5.20. The molecule has 166 valence electrons. The number of hydrogen-bond donors (Lipinski definition) is 2. The average molecular weight is 475 g/mol. The van der Waals surface area contributed by atoms with Gasteiger partial charge in [-0.2, -0.15) is 5.10 Å². The van der Waals surface area contributed by atoms with Gasteiger partial charge >= 0.3 is 0 Å². The SMILES string of the molecule is Cn1nc(C2CCC(=O)NC2=O)c2ccc(OCC(=O)NCc3cc(Cl)cc(Cl)c3)cc21. The Labute approximate surface area is 193 Å². The highest BCUT2D eigenvalue weighted by molar-refractivity contribution is 6.34. The fraction of sp³-hybridized carbons (Fsp3) is 0.273. The van der Waals surface area contributed by atoms with E-state index in [9.17, 15) is 14.4 Å². The number of carbonyl (C=O) groups is 3. The lowest BCUT2D eigenvalue weighted by Gasteiger charge is -2.19. The van der Waals surface area contributed by atoms with Gasteiger partial charge in [-0.3, -0.25) is 24.4 Å². The number of nitrogens with one attached hydrogen (secondary N) is 2. The van der Waals surface area contributed by atoms with E-state index in [1.165, 1.54) is 0 Å². The molecule has 1 aliphatic heterocycles. The Morgan fingerprint density at radius 3 is 2.69 bits per heavy atom. The third-order valence-corrected chi connectivity index (χ3v) is 5.64. The summed E-state index contributed by atoms with van der Waals surface area (Å²) in [6.45, 7) is 0.107. The van der Waals surface area contributed by atoms with Crippen molar-refractivity contribution >= 4 is 51.8 Å². The van der Waals surface area contributed by atoms with Crippen molar-refractivity contribution in [2.24, 2.45) is 7.05 Å². The van der Waals surface area contributed by atoms with Gasteiger partial charge in [-0.25, -0.2) is 0 Å². The summed E-state index contributed by atoms with van der Waals surface area (Å²) in [4.78, 5) is 35.8. The van der Waals surface area contributed by atoms with Crippen LogP contribution in [0.1, 0.15) is 30.0 Å². The van der Waals surface area contributed by atoms with Gasteiger partial charge in [0.15, 0.2) is 6.61 Å². The lowest BCUT2D eigenvalue weighted by atomic mass is 9.93. The predicted molar refractivity (Wildman–Crippen MR) is 120 cm³/mol. The monoisotopic (exact) mass is 474 g/mol. The van der Waals surface area contributed by atoms with Crippen LogP contribution in [-0.4, -0.2) is 34.1 Å². The van der Waals surface area contributed by atoms with Crippen molar-refractivity contribution in [1.29, 1.82) is 0 Å². The molecule has 32 heavy (non-hydrogen) atoms. The number of rotatable bonds is 6. The molecule has 3 amide bonds. The van der Waals surface area contributed by atoms with Crippen molar-refractivity contribution in [1.82, 2.24) is 20.4 Å². The third kappa shape index (κ3) is 4.87.